The van der Waals surface area contributed by atoms with E-state index in [4.69, 9.17) is 34.8 Å². The minimum Gasteiger partial charge on any atom is -0.507 e. The van der Waals surface area contributed by atoms with Crippen molar-refractivity contribution in [2.75, 3.05) is 0 Å². The van der Waals surface area contributed by atoms with Gasteiger partial charge in [-0.15, -0.1) is 0 Å². The van der Waals surface area contributed by atoms with E-state index in [0.717, 1.165) is 16.7 Å². The van der Waals surface area contributed by atoms with Crippen LogP contribution in [-0.2, 0) is 11.3 Å². The van der Waals surface area contributed by atoms with E-state index in [9.17, 15) is 14.7 Å². The number of hydrogen-bond donors (Lipinski definition) is 1. The molecule has 0 atom stereocenters. The fourth-order valence-electron chi connectivity index (χ4n) is 2.99. The molecule has 166 valence electrons. The number of carbonyl (C=O) groups excluding carboxylic acids is 2. The summed E-state index contributed by atoms with van der Waals surface area (Å²) in [7, 11) is 0. The lowest BCUT2D eigenvalue weighted by atomic mass is 10.1. The van der Waals surface area contributed by atoms with Crippen molar-refractivity contribution in [3.63, 3.8) is 0 Å². The molecule has 10 heteroatoms. The van der Waals surface area contributed by atoms with Gasteiger partial charge in [0.2, 0.25) is 0 Å². The summed E-state index contributed by atoms with van der Waals surface area (Å²) >= 11 is 19.1. The first kappa shape index (κ1) is 23.3. The number of aromatic hydroxyl groups is 1. The highest BCUT2D eigenvalue weighted by Gasteiger charge is 2.35. The van der Waals surface area contributed by atoms with E-state index in [2.05, 4.69) is 10.2 Å². The van der Waals surface area contributed by atoms with E-state index < -0.39 is 11.1 Å². The van der Waals surface area contributed by atoms with Crippen molar-refractivity contribution < 1.29 is 14.7 Å². The van der Waals surface area contributed by atoms with Crippen LogP contribution in [0.1, 0.15) is 11.1 Å². The van der Waals surface area contributed by atoms with Crippen molar-refractivity contribution in [2.45, 2.75) is 6.54 Å². The van der Waals surface area contributed by atoms with E-state index in [1.807, 2.05) is 0 Å². The Morgan fingerprint density at radius 3 is 2.27 bits per heavy atom. The largest absolute Gasteiger partial charge is 0.507 e. The van der Waals surface area contributed by atoms with Gasteiger partial charge in [-0.1, -0.05) is 46.9 Å². The quantitative estimate of drug-likeness (QED) is 0.274. The molecule has 0 bridgehead atoms. The summed E-state index contributed by atoms with van der Waals surface area (Å²) in [6.07, 6.45) is 1.44. The second kappa shape index (κ2) is 9.97. The van der Waals surface area contributed by atoms with E-state index in [1.54, 1.807) is 54.6 Å². The molecule has 1 N–H and O–H groups in total. The van der Waals surface area contributed by atoms with Crippen LogP contribution in [0, 0.1) is 0 Å². The zero-order valence-corrected chi connectivity index (χ0v) is 19.8. The molecule has 0 saturated carbocycles. The van der Waals surface area contributed by atoms with Crippen LogP contribution in [0.5, 0.6) is 5.75 Å². The molecule has 0 aliphatic carbocycles. The number of halogens is 3. The second-order valence-corrected chi connectivity index (χ2v) is 9.14. The fourth-order valence-corrected chi connectivity index (χ4v) is 4.52. The number of phenols is 1. The lowest BCUT2D eigenvalue weighted by molar-refractivity contribution is -0.123. The SMILES string of the molecule is O=C1S/C(=C\c2cc(N=Nc3cccc(Cl)c3)ccc2O)C(=O)N1Cc1c(Cl)cccc1Cl. The number of carbonyl (C=O) groups is 2. The predicted molar refractivity (Wildman–Crippen MR) is 132 cm³/mol. The summed E-state index contributed by atoms with van der Waals surface area (Å²) in [5.74, 6) is -0.580. The van der Waals surface area contributed by atoms with Crippen molar-refractivity contribution in [2.24, 2.45) is 10.2 Å². The maximum Gasteiger partial charge on any atom is 0.293 e. The van der Waals surface area contributed by atoms with Crippen molar-refractivity contribution in [3.8, 4) is 5.75 Å². The zero-order valence-electron chi connectivity index (χ0n) is 16.7. The Hall–Kier alpha value is -2.84. The molecule has 1 fully saturated rings. The van der Waals surface area contributed by atoms with Gasteiger partial charge in [0.15, 0.2) is 0 Å². The number of amides is 2. The third-order valence-corrected chi connectivity index (χ3v) is 6.49. The van der Waals surface area contributed by atoms with Crippen LogP contribution in [0.25, 0.3) is 6.08 Å². The number of phenolic OH excluding ortho intramolecular Hbond substituents is 1. The van der Waals surface area contributed by atoms with Gasteiger partial charge in [0.25, 0.3) is 11.1 Å². The molecule has 1 heterocycles. The molecule has 1 saturated heterocycles. The van der Waals surface area contributed by atoms with Crippen molar-refractivity contribution >= 4 is 75.2 Å². The van der Waals surface area contributed by atoms with E-state index in [-0.39, 0.29) is 17.2 Å². The Balaban J connectivity index is 1.58. The van der Waals surface area contributed by atoms with Gasteiger partial charge >= 0.3 is 0 Å². The van der Waals surface area contributed by atoms with Gasteiger partial charge in [-0.05, 0) is 66.4 Å². The van der Waals surface area contributed by atoms with E-state index in [0.29, 0.717) is 37.6 Å². The van der Waals surface area contributed by atoms with Crippen LogP contribution in [0.2, 0.25) is 15.1 Å². The highest BCUT2D eigenvalue weighted by Crippen LogP contribution is 2.37. The Labute approximate surface area is 208 Å². The summed E-state index contributed by atoms with van der Waals surface area (Å²) in [4.78, 5) is 26.6. The number of nitrogens with zero attached hydrogens (tertiary/aromatic N) is 3. The van der Waals surface area contributed by atoms with Crippen LogP contribution in [0.3, 0.4) is 0 Å². The average molecular weight is 519 g/mol. The van der Waals surface area contributed by atoms with Crippen molar-refractivity contribution in [1.29, 1.82) is 0 Å². The Kier molecular flexibility index (Phi) is 7.05. The summed E-state index contributed by atoms with van der Waals surface area (Å²) in [6.45, 7) is -0.0552. The Morgan fingerprint density at radius 1 is 0.909 bits per heavy atom. The third-order valence-electron chi connectivity index (χ3n) is 4.64. The van der Waals surface area contributed by atoms with Gasteiger partial charge in [-0.25, -0.2) is 0 Å². The topological polar surface area (TPSA) is 82.3 Å². The summed E-state index contributed by atoms with van der Waals surface area (Å²) in [5.41, 5.74) is 1.81. The van der Waals surface area contributed by atoms with Crippen molar-refractivity contribution in [1.82, 2.24) is 4.90 Å². The third kappa shape index (κ3) is 5.39. The van der Waals surface area contributed by atoms with Crippen LogP contribution in [-0.4, -0.2) is 21.2 Å². The molecule has 6 nitrogen and oxygen atoms in total. The second-order valence-electron chi connectivity index (χ2n) is 6.89. The highest BCUT2D eigenvalue weighted by atomic mass is 35.5. The summed E-state index contributed by atoms with van der Waals surface area (Å²) in [6, 6.07) is 16.4. The fraction of sp³-hybridized carbons (Fsp3) is 0.0435. The zero-order chi connectivity index (χ0) is 23.5. The number of thioether (sulfide) groups is 1. The molecule has 2 amide bonds. The van der Waals surface area contributed by atoms with Crippen LogP contribution < -0.4 is 0 Å². The van der Waals surface area contributed by atoms with Gasteiger partial charge < -0.3 is 5.11 Å². The van der Waals surface area contributed by atoms with Gasteiger partial charge in [-0.2, -0.15) is 10.2 Å². The van der Waals surface area contributed by atoms with Crippen molar-refractivity contribution in [3.05, 3.63) is 91.8 Å². The molecule has 0 radical (unpaired) electrons. The first-order valence-electron chi connectivity index (χ1n) is 9.50. The molecule has 0 spiro atoms. The predicted octanol–water partition coefficient (Wildman–Crippen LogP) is 8.00. The number of azo groups is 1. The molecule has 1 aliphatic rings. The number of imide groups is 1. The van der Waals surface area contributed by atoms with E-state index in [1.165, 1.54) is 12.1 Å². The molecule has 3 aromatic carbocycles. The Morgan fingerprint density at radius 2 is 1.58 bits per heavy atom. The molecule has 0 unspecified atom stereocenters. The lowest BCUT2D eigenvalue weighted by Crippen LogP contribution is -2.27. The van der Waals surface area contributed by atoms with Crippen LogP contribution in [0.15, 0.2) is 75.8 Å². The van der Waals surface area contributed by atoms with Crippen LogP contribution >= 0.6 is 46.6 Å². The molecule has 1 aliphatic heterocycles. The lowest BCUT2D eigenvalue weighted by Gasteiger charge is -2.14. The smallest absolute Gasteiger partial charge is 0.293 e. The molecule has 33 heavy (non-hydrogen) atoms. The maximum absolute atomic E-state index is 12.9. The molecule has 3 aromatic rings. The highest BCUT2D eigenvalue weighted by molar-refractivity contribution is 8.18. The van der Waals surface area contributed by atoms with Crippen LogP contribution in [0.4, 0.5) is 16.2 Å². The molecular formula is C23H14Cl3N3O3S. The summed E-state index contributed by atoms with van der Waals surface area (Å²) in [5, 5.41) is 19.3. The minimum atomic E-state index is -0.508. The maximum atomic E-state index is 12.9. The van der Waals surface area contributed by atoms with Gasteiger partial charge in [0, 0.05) is 26.2 Å². The Bertz CT molecular complexity index is 1310. The summed E-state index contributed by atoms with van der Waals surface area (Å²) < 4.78 is 0. The monoisotopic (exact) mass is 517 g/mol. The average Bonchev–Trinajstić information content (AvgIpc) is 3.04. The molecular weight excluding hydrogens is 505 g/mol. The van der Waals surface area contributed by atoms with Gasteiger partial charge in [0.1, 0.15) is 5.75 Å². The van der Waals surface area contributed by atoms with E-state index >= 15 is 0 Å². The first-order valence-corrected chi connectivity index (χ1v) is 11.5. The standard InChI is InChI=1S/C23H14Cl3N3O3S/c24-14-3-1-4-15(11-14)27-28-16-7-8-20(30)13(9-16)10-21-22(31)29(23(32)33-21)12-17-18(25)5-2-6-19(17)26/h1-11,30H,12H2/b21-10-,28-27?. The number of benzene rings is 3. The molecule has 4 rings (SSSR count). The normalized spacial score (nSPS) is 15.2. The number of rotatable bonds is 5. The minimum absolute atomic E-state index is 0.0552. The van der Waals surface area contributed by atoms with Gasteiger partial charge in [0.05, 0.1) is 22.8 Å². The molecule has 0 aromatic heterocycles. The number of hydrogen-bond acceptors (Lipinski definition) is 6. The first-order chi connectivity index (χ1) is 15.8. The van der Waals surface area contributed by atoms with Gasteiger partial charge in [-0.3, -0.25) is 14.5 Å².